The van der Waals surface area contributed by atoms with Crippen molar-refractivity contribution in [2.45, 2.75) is 26.4 Å². The molecule has 1 aromatic carbocycles. The van der Waals surface area contributed by atoms with E-state index in [2.05, 4.69) is 10.3 Å². The highest BCUT2D eigenvalue weighted by atomic mass is 16.3. The fraction of sp³-hybridized carbons (Fsp3) is 0.357. The van der Waals surface area contributed by atoms with E-state index < -0.39 is 6.10 Å². The van der Waals surface area contributed by atoms with E-state index in [1.165, 1.54) is 0 Å². The van der Waals surface area contributed by atoms with Gasteiger partial charge in [-0.3, -0.25) is 4.79 Å². The van der Waals surface area contributed by atoms with Gasteiger partial charge in [-0.15, -0.1) is 0 Å². The Hall–Kier alpha value is -1.81. The molecule has 0 saturated carbocycles. The topological polar surface area (TPSA) is 65.1 Å². The first-order valence-corrected chi connectivity index (χ1v) is 6.09. The molecule has 1 atom stereocenters. The average molecular weight is 246 g/mol. The van der Waals surface area contributed by atoms with Gasteiger partial charge in [0.1, 0.15) is 0 Å². The molecule has 3 N–H and O–H groups in total. The number of aromatic amines is 1. The fourth-order valence-corrected chi connectivity index (χ4v) is 2.05. The normalized spacial score (nSPS) is 12.6. The number of benzene rings is 1. The molecule has 0 aliphatic heterocycles. The molecule has 1 aromatic heterocycles. The molecule has 0 radical (unpaired) electrons. The van der Waals surface area contributed by atoms with E-state index in [1.807, 2.05) is 31.2 Å². The number of carbonyl (C=O) groups is 1. The number of aryl methyl sites for hydroxylation is 1. The first kappa shape index (κ1) is 12.6. The molecular formula is C14H18N2O2. The van der Waals surface area contributed by atoms with Crippen LogP contribution in [0, 0.1) is 6.92 Å². The number of hydrogen-bond acceptors (Lipinski definition) is 2. The van der Waals surface area contributed by atoms with E-state index in [9.17, 15) is 4.79 Å². The molecule has 0 fully saturated rings. The average Bonchev–Trinajstić information content (AvgIpc) is 2.64. The van der Waals surface area contributed by atoms with Gasteiger partial charge < -0.3 is 15.4 Å². The molecule has 1 amide bonds. The number of carbonyl (C=O) groups excluding carboxylic acids is 1. The van der Waals surface area contributed by atoms with Crippen LogP contribution in [0.3, 0.4) is 0 Å². The molecule has 0 spiro atoms. The van der Waals surface area contributed by atoms with E-state index >= 15 is 0 Å². The Bertz CT molecular complexity index is 558. The van der Waals surface area contributed by atoms with Gasteiger partial charge in [0.15, 0.2) is 0 Å². The maximum atomic E-state index is 11.8. The van der Waals surface area contributed by atoms with Crippen LogP contribution in [0.25, 0.3) is 10.9 Å². The van der Waals surface area contributed by atoms with Gasteiger partial charge in [-0.2, -0.15) is 0 Å². The minimum atomic E-state index is -0.516. The number of aromatic nitrogens is 1. The highest BCUT2D eigenvalue weighted by Crippen LogP contribution is 2.22. The van der Waals surface area contributed by atoms with Gasteiger partial charge in [0.25, 0.3) is 0 Å². The molecule has 0 aliphatic carbocycles. The maximum Gasteiger partial charge on any atom is 0.224 e. The monoisotopic (exact) mass is 246 g/mol. The van der Waals surface area contributed by atoms with Crippen LogP contribution in [0.4, 0.5) is 0 Å². The Labute approximate surface area is 106 Å². The van der Waals surface area contributed by atoms with Crippen LogP contribution >= 0.6 is 0 Å². The Morgan fingerprint density at radius 2 is 2.17 bits per heavy atom. The number of fused-ring (bicyclic) bond motifs is 1. The number of rotatable bonds is 4. The largest absolute Gasteiger partial charge is 0.392 e. The van der Waals surface area contributed by atoms with Crippen LogP contribution in [-0.2, 0) is 11.2 Å². The van der Waals surface area contributed by atoms with Crippen LogP contribution in [0.15, 0.2) is 24.3 Å². The number of amides is 1. The standard InChI is InChI=1S/C14H18N2O2/c1-9(17)8-15-14(18)7-12-10(2)16-13-6-4-3-5-11(12)13/h3-6,9,16-17H,7-8H2,1-2H3,(H,15,18)/t9-/m1/s1. The summed E-state index contributed by atoms with van der Waals surface area (Å²) in [5, 5.41) is 12.9. The van der Waals surface area contributed by atoms with Crippen molar-refractivity contribution in [3.8, 4) is 0 Å². The summed E-state index contributed by atoms with van der Waals surface area (Å²) < 4.78 is 0. The second-order valence-corrected chi connectivity index (χ2v) is 4.60. The molecule has 1 heterocycles. The number of hydrogen-bond donors (Lipinski definition) is 3. The lowest BCUT2D eigenvalue weighted by Crippen LogP contribution is -2.31. The summed E-state index contributed by atoms with van der Waals surface area (Å²) in [6.07, 6.45) is -0.180. The Kier molecular flexibility index (Phi) is 3.67. The number of aliphatic hydroxyl groups excluding tert-OH is 1. The van der Waals surface area contributed by atoms with Gasteiger partial charge in [0, 0.05) is 23.1 Å². The van der Waals surface area contributed by atoms with E-state index in [0.717, 1.165) is 22.2 Å². The second-order valence-electron chi connectivity index (χ2n) is 4.60. The third-order valence-corrected chi connectivity index (χ3v) is 2.96. The van der Waals surface area contributed by atoms with E-state index in [-0.39, 0.29) is 5.91 Å². The van der Waals surface area contributed by atoms with Crippen LogP contribution in [0.5, 0.6) is 0 Å². The number of para-hydroxylation sites is 1. The first-order chi connectivity index (χ1) is 8.58. The molecule has 96 valence electrons. The quantitative estimate of drug-likeness (QED) is 0.765. The summed E-state index contributed by atoms with van der Waals surface area (Å²) >= 11 is 0. The highest BCUT2D eigenvalue weighted by molar-refractivity contribution is 5.90. The lowest BCUT2D eigenvalue weighted by Gasteiger charge is -2.07. The van der Waals surface area contributed by atoms with Gasteiger partial charge in [-0.25, -0.2) is 0 Å². The van der Waals surface area contributed by atoms with Crippen molar-refractivity contribution in [2.75, 3.05) is 6.54 Å². The van der Waals surface area contributed by atoms with Crippen molar-refractivity contribution in [1.29, 1.82) is 0 Å². The van der Waals surface area contributed by atoms with Gasteiger partial charge in [-0.05, 0) is 25.5 Å². The number of nitrogens with one attached hydrogen (secondary N) is 2. The van der Waals surface area contributed by atoms with Crippen molar-refractivity contribution in [3.05, 3.63) is 35.5 Å². The zero-order valence-electron chi connectivity index (χ0n) is 10.7. The van der Waals surface area contributed by atoms with Crippen LogP contribution in [0.1, 0.15) is 18.2 Å². The minimum Gasteiger partial charge on any atom is -0.392 e. The zero-order chi connectivity index (χ0) is 13.1. The predicted octanol–water partition coefficient (Wildman–Crippen LogP) is 1.52. The summed E-state index contributed by atoms with van der Waals surface area (Å²) in [6, 6.07) is 7.94. The van der Waals surface area contributed by atoms with Crippen molar-refractivity contribution in [1.82, 2.24) is 10.3 Å². The fourth-order valence-electron chi connectivity index (χ4n) is 2.05. The van der Waals surface area contributed by atoms with Gasteiger partial charge in [0.05, 0.1) is 12.5 Å². The molecule has 0 unspecified atom stereocenters. The van der Waals surface area contributed by atoms with Gasteiger partial charge in [0.2, 0.25) is 5.91 Å². The predicted molar refractivity (Wildman–Crippen MR) is 71.4 cm³/mol. The molecule has 0 saturated heterocycles. The molecular weight excluding hydrogens is 228 g/mol. The first-order valence-electron chi connectivity index (χ1n) is 6.09. The third-order valence-electron chi connectivity index (χ3n) is 2.96. The van der Waals surface area contributed by atoms with Crippen molar-refractivity contribution < 1.29 is 9.90 Å². The van der Waals surface area contributed by atoms with Crippen LogP contribution in [0.2, 0.25) is 0 Å². The summed E-state index contributed by atoms with van der Waals surface area (Å²) in [5.74, 6) is -0.0660. The summed E-state index contributed by atoms with van der Waals surface area (Å²) in [7, 11) is 0. The SMILES string of the molecule is Cc1[nH]c2ccccc2c1CC(=O)NC[C@@H](C)O. The van der Waals surface area contributed by atoms with E-state index in [4.69, 9.17) is 5.11 Å². The molecule has 2 aromatic rings. The molecule has 18 heavy (non-hydrogen) atoms. The number of H-pyrrole nitrogens is 1. The smallest absolute Gasteiger partial charge is 0.224 e. The summed E-state index contributed by atoms with van der Waals surface area (Å²) in [5.41, 5.74) is 3.09. The maximum absolute atomic E-state index is 11.8. The highest BCUT2D eigenvalue weighted by Gasteiger charge is 2.12. The van der Waals surface area contributed by atoms with Crippen molar-refractivity contribution >= 4 is 16.8 Å². The summed E-state index contributed by atoms with van der Waals surface area (Å²) in [4.78, 5) is 15.0. The Balaban J connectivity index is 2.16. The summed E-state index contributed by atoms with van der Waals surface area (Å²) in [6.45, 7) is 3.91. The Morgan fingerprint density at radius 3 is 2.89 bits per heavy atom. The molecule has 0 bridgehead atoms. The minimum absolute atomic E-state index is 0.0660. The second kappa shape index (κ2) is 5.23. The van der Waals surface area contributed by atoms with Crippen molar-refractivity contribution in [3.63, 3.8) is 0 Å². The van der Waals surface area contributed by atoms with E-state index in [0.29, 0.717) is 13.0 Å². The lowest BCUT2D eigenvalue weighted by atomic mass is 10.1. The van der Waals surface area contributed by atoms with Gasteiger partial charge in [-0.1, -0.05) is 18.2 Å². The molecule has 0 aliphatic rings. The van der Waals surface area contributed by atoms with E-state index in [1.54, 1.807) is 6.92 Å². The molecule has 2 rings (SSSR count). The third kappa shape index (κ3) is 2.71. The van der Waals surface area contributed by atoms with Crippen LogP contribution < -0.4 is 5.32 Å². The zero-order valence-corrected chi connectivity index (χ0v) is 10.7. The number of aliphatic hydroxyl groups is 1. The molecule has 4 nitrogen and oxygen atoms in total. The van der Waals surface area contributed by atoms with Gasteiger partial charge >= 0.3 is 0 Å². The Morgan fingerprint density at radius 1 is 1.44 bits per heavy atom. The van der Waals surface area contributed by atoms with Crippen LogP contribution in [-0.4, -0.2) is 28.6 Å². The molecule has 4 heteroatoms. The lowest BCUT2D eigenvalue weighted by molar-refractivity contribution is -0.120. The van der Waals surface area contributed by atoms with Crippen molar-refractivity contribution in [2.24, 2.45) is 0 Å².